The Labute approximate surface area is 135 Å². The summed E-state index contributed by atoms with van der Waals surface area (Å²) in [7, 11) is 1.59. The molecule has 1 aliphatic heterocycles. The SMILES string of the molecule is COc1ccc(NNC(=O)C2CN(C(=O)OC(C)(C)C)C2)cc1. The molecular formula is C16H23N3O4. The molecule has 0 aromatic heterocycles. The number of benzene rings is 1. The van der Waals surface area contributed by atoms with Crippen LogP contribution < -0.4 is 15.6 Å². The average Bonchev–Trinajstić information content (AvgIpc) is 2.42. The van der Waals surface area contributed by atoms with Crippen LogP contribution in [-0.2, 0) is 9.53 Å². The van der Waals surface area contributed by atoms with E-state index in [2.05, 4.69) is 10.9 Å². The summed E-state index contributed by atoms with van der Waals surface area (Å²) in [4.78, 5) is 25.3. The van der Waals surface area contributed by atoms with Gasteiger partial charge < -0.3 is 14.4 Å². The second-order valence-corrected chi connectivity index (χ2v) is 6.43. The minimum absolute atomic E-state index is 0.152. The van der Waals surface area contributed by atoms with Gasteiger partial charge in [-0.1, -0.05) is 0 Å². The van der Waals surface area contributed by atoms with Gasteiger partial charge in [0.25, 0.3) is 0 Å². The van der Waals surface area contributed by atoms with Crippen molar-refractivity contribution >= 4 is 17.7 Å². The highest BCUT2D eigenvalue weighted by atomic mass is 16.6. The highest BCUT2D eigenvalue weighted by molar-refractivity contribution is 5.83. The number of methoxy groups -OCH3 is 1. The maximum atomic E-state index is 12.0. The molecule has 2 rings (SSSR count). The lowest BCUT2D eigenvalue weighted by molar-refractivity contribution is -0.129. The van der Waals surface area contributed by atoms with Crippen LogP contribution in [0.4, 0.5) is 10.5 Å². The Kier molecular flexibility index (Phi) is 4.98. The quantitative estimate of drug-likeness (QED) is 0.829. The van der Waals surface area contributed by atoms with Crippen molar-refractivity contribution in [3.63, 3.8) is 0 Å². The van der Waals surface area contributed by atoms with Crippen LogP contribution in [0.3, 0.4) is 0 Å². The van der Waals surface area contributed by atoms with E-state index in [-0.39, 0.29) is 17.9 Å². The maximum Gasteiger partial charge on any atom is 0.410 e. The molecule has 1 aromatic carbocycles. The van der Waals surface area contributed by atoms with E-state index in [1.165, 1.54) is 4.90 Å². The van der Waals surface area contributed by atoms with Crippen LogP contribution >= 0.6 is 0 Å². The van der Waals surface area contributed by atoms with Gasteiger partial charge in [0.2, 0.25) is 5.91 Å². The zero-order valence-corrected chi connectivity index (χ0v) is 13.9. The normalized spacial score (nSPS) is 14.7. The Morgan fingerprint density at radius 3 is 2.30 bits per heavy atom. The van der Waals surface area contributed by atoms with Crippen molar-refractivity contribution in [3.8, 4) is 5.75 Å². The molecule has 2 amide bonds. The van der Waals surface area contributed by atoms with Gasteiger partial charge in [0.15, 0.2) is 0 Å². The van der Waals surface area contributed by atoms with E-state index in [4.69, 9.17) is 9.47 Å². The van der Waals surface area contributed by atoms with Crippen LogP contribution in [0.1, 0.15) is 20.8 Å². The van der Waals surface area contributed by atoms with Gasteiger partial charge in [0.05, 0.1) is 18.7 Å². The number of carbonyl (C=O) groups excluding carboxylic acids is 2. The predicted molar refractivity (Wildman–Crippen MR) is 86.1 cm³/mol. The predicted octanol–water partition coefficient (Wildman–Crippen LogP) is 2.01. The van der Waals surface area contributed by atoms with E-state index in [1.807, 2.05) is 20.8 Å². The van der Waals surface area contributed by atoms with Crippen LogP contribution in [-0.4, -0.2) is 42.7 Å². The zero-order valence-electron chi connectivity index (χ0n) is 13.9. The highest BCUT2D eigenvalue weighted by Gasteiger charge is 2.37. The van der Waals surface area contributed by atoms with Crippen LogP contribution in [0.2, 0.25) is 0 Å². The van der Waals surface area contributed by atoms with E-state index in [0.29, 0.717) is 13.1 Å². The lowest BCUT2D eigenvalue weighted by Gasteiger charge is -2.38. The van der Waals surface area contributed by atoms with Crippen LogP contribution in [0.15, 0.2) is 24.3 Å². The summed E-state index contributed by atoms with van der Waals surface area (Å²) < 4.78 is 10.3. The molecule has 1 fully saturated rings. The number of rotatable bonds is 4. The molecular weight excluding hydrogens is 298 g/mol. The van der Waals surface area contributed by atoms with Gasteiger partial charge in [-0.2, -0.15) is 0 Å². The number of hydrogen-bond donors (Lipinski definition) is 2. The molecule has 23 heavy (non-hydrogen) atoms. The standard InChI is InChI=1S/C16H23N3O4/c1-16(2,3)23-15(21)19-9-11(10-19)14(20)18-17-12-5-7-13(22-4)8-6-12/h5-8,11,17H,9-10H2,1-4H3,(H,18,20). The van der Waals surface area contributed by atoms with Gasteiger partial charge in [0, 0.05) is 13.1 Å². The molecule has 0 atom stereocenters. The number of nitrogens with one attached hydrogen (secondary N) is 2. The Balaban J connectivity index is 1.73. The van der Waals surface area contributed by atoms with Gasteiger partial charge in [-0.3, -0.25) is 15.6 Å². The largest absolute Gasteiger partial charge is 0.497 e. The first-order valence-corrected chi connectivity index (χ1v) is 7.46. The summed E-state index contributed by atoms with van der Waals surface area (Å²) in [5.74, 6) is 0.364. The number of amides is 2. The topological polar surface area (TPSA) is 79.9 Å². The first kappa shape index (κ1) is 16.9. The summed E-state index contributed by atoms with van der Waals surface area (Å²) in [6, 6.07) is 7.18. The van der Waals surface area contributed by atoms with Crippen molar-refractivity contribution < 1.29 is 19.1 Å². The monoisotopic (exact) mass is 321 g/mol. The van der Waals surface area contributed by atoms with E-state index in [0.717, 1.165) is 11.4 Å². The molecule has 126 valence electrons. The minimum atomic E-state index is -0.527. The molecule has 2 N–H and O–H groups in total. The molecule has 0 spiro atoms. The van der Waals surface area contributed by atoms with Crippen molar-refractivity contribution in [1.29, 1.82) is 0 Å². The fraction of sp³-hybridized carbons (Fsp3) is 0.500. The molecule has 1 saturated heterocycles. The lowest BCUT2D eigenvalue weighted by atomic mass is 10.0. The summed E-state index contributed by atoms with van der Waals surface area (Å²) >= 11 is 0. The van der Waals surface area contributed by atoms with Crippen molar-refractivity contribution in [1.82, 2.24) is 10.3 Å². The number of likely N-dealkylation sites (tertiary alicyclic amines) is 1. The zero-order chi connectivity index (χ0) is 17.0. The number of ether oxygens (including phenoxy) is 2. The second kappa shape index (κ2) is 6.76. The van der Waals surface area contributed by atoms with Gasteiger partial charge in [-0.25, -0.2) is 4.79 Å². The van der Waals surface area contributed by atoms with E-state index >= 15 is 0 Å². The van der Waals surface area contributed by atoms with Crippen molar-refractivity contribution in [2.24, 2.45) is 5.92 Å². The molecule has 0 saturated carbocycles. The molecule has 0 aliphatic carbocycles. The first-order valence-electron chi connectivity index (χ1n) is 7.46. The molecule has 0 bridgehead atoms. The third-order valence-corrected chi connectivity index (χ3v) is 3.32. The van der Waals surface area contributed by atoms with E-state index < -0.39 is 5.60 Å². The van der Waals surface area contributed by atoms with E-state index in [1.54, 1.807) is 31.4 Å². The Bertz CT molecular complexity index is 560. The van der Waals surface area contributed by atoms with Gasteiger partial charge in [0.1, 0.15) is 11.4 Å². The van der Waals surface area contributed by atoms with Gasteiger partial charge in [-0.05, 0) is 45.0 Å². The van der Waals surface area contributed by atoms with E-state index in [9.17, 15) is 9.59 Å². The van der Waals surface area contributed by atoms with Gasteiger partial charge in [-0.15, -0.1) is 0 Å². The van der Waals surface area contributed by atoms with Crippen molar-refractivity contribution in [3.05, 3.63) is 24.3 Å². The highest BCUT2D eigenvalue weighted by Crippen LogP contribution is 2.20. The molecule has 1 heterocycles. The number of nitrogens with zero attached hydrogens (tertiary/aromatic N) is 1. The Hall–Kier alpha value is -2.44. The van der Waals surface area contributed by atoms with Crippen LogP contribution in [0.25, 0.3) is 0 Å². The van der Waals surface area contributed by atoms with Crippen molar-refractivity contribution in [2.75, 3.05) is 25.6 Å². The summed E-state index contributed by atoms with van der Waals surface area (Å²) in [6.07, 6.45) is -0.385. The van der Waals surface area contributed by atoms with Crippen LogP contribution in [0, 0.1) is 5.92 Å². The van der Waals surface area contributed by atoms with Crippen molar-refractivity contribution in [2.45, 2.75) is 26.4 Å². The fourth-order valence-electron chi connectivity index (χ4n) is 2.03. The summed E-state index contributed by atoms with van der Waals surface area (Å²) in [6.45, 7) is 6.17. The fourth-order valence-corrected chi connectivity index (χ4v) is 2.03. The molecule has 1 aliphatic rings. The third-order valence-electron chi connectivity index (χ3n) is 3.32. The summed E-state index contributed by atoms with van der Waals surface area (Å²) in [5, 5.41) is 0. The molecule has 7 heteroatoms. The smallest absolute Gasteiger partial charge is 0.410 e. The third kappa shape index (κ3) is 4.77. The molecule has 0 radical (unpaired) electrons. The van der Waals surface area contributed by atoms with Gasteiger partial charge >= 0.3 is 6.09 Å². The number of anilines is 1. The Morgan fingerprint density at radius 2 is 1.78 bits per heavy atom. The minimum Gasteiger partial charge on any atom is -0.497 e. The lowest BCUT2D eigenvalue weighted by Crippen LogP contribution is -2.57. The molecule has 7 nitrogen and oxygen atoms in total. The first-order chi connectivity index (χ1) is 10.8. The molecule has 0 unspecified atom stereocenters. The summed E-state index contributed by atoms with van der Waals surface area (Å²) in [5.41, 5.74) is 5.70. The number of carbonyl (C=O) groups is 2. The number of hydrogen-bond acceptors (Lipinski definition) is 5. The maximum absolute atomic E-state index is 12.0. The number of hydrazine groups is 1. The second-order valence-electron chi connectivity index (χ2n) is 6.43. The molecule has 1 aromatic rings. The van der Waals surface area contributed by atoms with Crippen LogP contribution in [0.5, 0.6) is 5.75 Å². The average molecular weight is 321 g/mol. The Morgan fingerprint density at radius 1 is 1.17 bits per heavy atom.